The van der Waals surface area contributed by atoms with Gasteiger partial charge in [0.1, 0.15) is 5.82 Å². The lowest BCUT2D eigenvalue weighted by atomic mass is 9.93. The van der Waals surface area contributed by atoms with Crippen molar-refractivity contribution in [3.8, 4) is 0 Å². The fourth-order valence-corrected chi connectivity index (χ4v) is 3.39. The van der Waals surface area contributed by atoms with Gasteiger partial charge >= 0.3 is 0 Å². The van der Waals surface area contributed by atoms with Gasteiger partial charge in [-0.05, 0) is 49.8 Å². The van der Waals surface area contributed by atoms with Crippen LogP contribution in [0.5, 0.6) is 0 Å². The summed E-state index contributed by atoms with van der Waals surface area (Å²) in [6.07, 6.45) is 4.34. The number of likely N-dealkylation sites (tertiary alicyclic amines) is 1. The topological polar surface area (TPSA) is 65.5 Å². The quantitative estimate of drug-likeness (QED) is 0.818. The minimum absolute atomic E-state index is 0.0629. The molecule has 0 radical (unpaired) electrons. The maximum Gasteiger partial charge on any atom is 0.255 e. The molecule has 1 amide bonds. The zero-order chi connectivity index (χ0) is 19.3. The van der Waals surface area contributed by atoms with E-state index in [-0.39, 0.29) is 5.91 Å². The highest BCUT2D eigenvalue weighted by molar-refractivity contribution is 5.94. The molecule has 1 fully saturated rings. The number of pyridine rings is 1. The van der Waals surface area contributed by atoms with Crippen LogP contribution in [0, 0.1) is 5.92 Å². The number of aromatic nitrogens is 1. The number of aliphatic hydroxyl groups is 1. The molecule has 1 atom stereocenters. The summed E-state index contributed by atoms with van der Waals surface area (Å²) in [7, 11) is 0. The van der Waals surface area contributed by atoms with Crippen LogP contribution in [0.4, 0.5) is 5.82 Å². The Morgan fingerprint density at radius 1 is 1.22 bits per heavy atom. The molecule has 0 bridgehead atoms. The van der Waals surface area contributed by atoms with Crippen molar-refractivity contribution >= 4 is 11.7 Å². The second-order valence-corrected chi connectivity index (χ2v) is 7.72. The van der Waals surface area contributed by atoms with Gasteiger partial charge in [0.2, 0.25) is 0 Å². The average molecular weight is 367 g/mol. The number of benzene rings is 1. The molecule has 1 aromatic carbocycles. The van der Waals surface area contributed by atoms with E-state index in [0.29, 0.717) is 30.3 Å². The number of amides is 1. The van der Waals surface area contributed by atoms with Gasteiger partial charge in [-0.3, -0.25) is 4.79 Å². The number of nitrogens with one attached hydrogen (secondary N) is 1. The number of hydrogen-bond donors (Lipinski definition) is 2. The number of carbonyl (C=O) groups excluding carboxylic acids is 1. The Balaban J connectivity index is 1.51. The van der Waals surface area contributed by atoms with E-state index in [2.05, 4.69) is 17.2 Å². The first-order valence-electron chi connectivity index (χ1n) is 9.73. The van der Waals surface area contributed by atoms with Gasteiger partial charge in [0, 0.05) is 25.8 Å². The average Bonchev–Trinajstić information content (AvgIpc) is 2.69. The van der Waals surface area contributed by atoms with Crippen LogP contribution < -0.4 is 5.32 Å². The van der Waals surface area contributed by atoms with Gasteiger partial charge in [-0.15, -0.1) is 0 Å². The Morgan fingerprint density at radius 3 is 2.56 bits per heavy atom. The number of anilines is 1. The predicted molar refractivity (Wildman–Crippen MR) is 108 cm³/mol. The Morgan fingerprint density at radius 2 is 1.93 bits per heavy atom. The molecular weight excluding hydrogens is 338 g/mol. The molecule has 5 heteroatoms. The molecule has 1 aromatic heterocycles. The Labute approximate surface area is 161 Å². The molecule has 3 rings (SSSR count). The first-order chi connectivity index (χ1) is 13.0. The van der Waals surface area contributed by atoms with E-state index in [4.69, 9.17) is 0 Å². The molecule has 0 aliphatic carbocycles. The summed E-state index contributed by atoms with van der Waals surface area (Å²) < 4.78 is 0. The monoisotopic (exact) mass is 367 g/mol. The first-order valence-corrected chi connectivity index (χ1v) is 9.73. The fourth-order valence-electron chi connectivity index (χ4n) is 3.39. The van der Waals surface area contributed by atoms with Crippen LogP contribution in [0.25, 0.3) is 0 Å². The summed E-state index contributed by atoms with van der Waals surface area (Å²) >= 11 is 0. The van der Waals surface area contributed by atoms with Crippen LogP contribution in [0.2, 0.25) is 0 Å². The zero-order valence-corrected chi connectivity index (χ0v) is 16.2. The van der Waals surface area contributed by atoms with E-state index >= 15 is 0 Å². The van der Waals surface area contributed by atoms with Crippen LogP contribution in [0.1, 0.15) is 49.0 Å². The van der Waals surface area contributed by atoms with Gasteiger partial charge in [0.15, 0.2) is 0 Å². The van der Waals surface area contributed by atoms with E-state index in [1.165, 1.54) is 0 Å². The Kier molecular flexibility index (Phi) is 6.11. The maximum absolute atomic E-state index is 12.6. The van der Waals surface area contributed by atoms with E-state index in [1.807, 2.05) is 54.3 Å². The number of rotatable bonds is 6. The van der Waals surface area contributed by atoms with Crippen molar-refractivity contribution in [1.82, 2.24) is 9.88 Å². The first kappa shape index (κ1) is 19.4. The smallest absolute Gasteiger partial charge is 0.255 e. The van der Waals surface area contributed by atoms with E-state index in [9.17, 15) is 9.90 Å². The number of hydrogen-bond acceptors (Lipinski definition) is 4. The van der Waals surface area contributed by atoms with E-state index in [1.54, 1.807) is 6.20 Å². The van der Waals surface area contributed by atoms with Gasteiger partial charge in [-0.25, -0.2) is 4.98 Å². The third kappa shape index (κ3) is 5.07. The predicted octanol–water partition coefficient (Wildman–Crippen LogP) is 3.66. The Hall–Kier alpha value is -2.40. The van der Waals surface area contributed by atoms with Crippen molar-refractivity contribution in [2.75, 3.05) is 25.0 Å². The summed E-state index contributed by atoms with van der Waals surface area (Å²) in [6.45, 7) is 6.30. The second kappa shape index (κ2) is 8.53. The van der Waals surface area contributed by atoms with Gasteiger partial charge in [0.05, 0.1) is 11.2 Å². The van der Waals surface area contributed by atoms with Crippen molar-refractivity contribution in [1.29, 1.82) is 0 Å². The lowest BCUT2D eigenvalue weighted by Gasteiger charge is -2.30. The zero-order valence-electron chi connectivity index (χ0n) is 16.2. The molecule has 2 heterocycles. The molecule has 1 unspecified atom stereocenters. The molecule has 2 aromatic rings. The molecular formula is C22H29N3O2. The maximum atomic E-state index is 12.6. The SMILES string of the molecule is CC1CCN(C(=O)c2ccc(NCCC(C)(O)c3ccccc3)nc2)CC1. The van der Waals surface area contributed by atoms with Crippen LogP contribution in [0.3, 0.4) is 0 Å². The third-order valence-electron chi connectivity index (χ3n) is 5.39. The highest BCUT2D eigenvalue weighted by atomic mass is 16.3. The number of carbonyl (C=O) groups is 1. The van der Waals surface area contributed by atoms with Crippen molar-refractivity contribution in [3.05, 3.63) is 59.8 Å². The van der Waals surface area contributed by atoms with Crippen LogP contribution in [-0.2, 0) is 5.60 Å². The fraction of sp³-hybridized carbons (Fsp3) is 0.455. The van der Waals surface area contributed by atoms with Crippen LogP contribution >= 0.6 is 0 Å². The standard InChI is InChI=1S/C22H29N3O2/c1-17-10-14-25(15-11-17)21(26)18-8-9-20(24-16-18)23-13-12-22(2,27)19-6-4-3-5-7-19/h3-9,16-17,27H,10-15H2,1-2H3,(H,23,24). The summed E-state index contributed by atoms with van der Waals surface area (Å²) in [5.41, 5.74) is 0.637. The van der Waals surface area contributed by atoms with Crippen LogP contribution in [0.15, 0.2) is 48.7 Å². The largest absolute Gasteiger partial charge is 0.385 e. The summed E-state index contributed by atoms with van der Waals surface area (Å²) in [6, 6.07) is 13.3. The van der Waals surface area contributed by atoms with E-state index < -0.39 is 5.60 Å². The molecule has 2 N–H and O–H groups in total. The molecule has 1 aliphatic rings. The molecule has 1 saturated heterocycles. The molecule has 5 nitrogen and oxygen atoms in total. The highest BCUT2D eigenvalue weighted by Crippen LogP contribution is 2.24. The minimum Gasteiger partial charge on any atom is -0.385 e. The summed E-state index contributed by atoms with van der Waals surface area (Å²) in [4.78, 5) is 18.8. The Bertz CT molecular complexity index is 736. The van der Waals surface area contributed by atoms with Gasteiger partial charge < -0.3 is 15.3 Å². The summed E-state index contributed by atoms with van der Waals surface area (Å²) in [5.74, 6) is 1.47. The lowest BCUT2D eigenvalue weighted by Crippen LogP contribution is -2.37. The highest BCUT2D eigenvalue weighted by Gasteiger charge is 2.23. The third-order valence-corrected chi connectivity index (χ3v) is 5.39. The van der Waals surface area contributed by atoms with Crippen molar-refractivity contribution in [2.45, 2.75) is 38.7 Å². The van der Waals surface area contributed by atoms with Crippen LogP contribution in [-0.4, -0.2) is 40.5 Å². The molecule has 144 valence electrons. The van der Waals surface area contributed by atoms with Gasteiger partial charge in [-0.2, -0.15) is 0 Å². The molecule has 0 saturated carbocycles. The second-order valence-electron chi connectivity index (χ2n) is 7.72. The lowest BCUT2D eigenvalue weighted by molar-refractivity contribution is 0.0515. The van der Waals surface area contributed by atoms with E-state index in [0.717, 1.165) is 31.5 Å². The normalized spacial score (nSPS) is 17.4. The van der Waals surface area contributed by atoms with Gasteiger partial charge in [0.25, 0.3) is 5.91 Å². The van der Waals surface area contributed by atoms with Gasteiger partial charge in [-0.1, -0.05) is 37.3 Å². The van der Waals surface area contributed by atoms with Crippen molar-refractivity contribution in [3.63, 3.8) is 0 Å². The molecule has 27 heavy (non-hydrogen) atoms. The van der Waals surface area contributed by atoms with Crippen molar-refractivity contribution < 1.29 is 9.90 Å². The number of nitrogens with zero attached hydrogens (tertiary/aromatic N) is 2. The minimum atomic E-state index is -0.893. The summed E-state index contributed by atoms with van der Waals surface area (Å²) in [5, 5.41) is 13.9. The molecule has 0 spiro atoms. The molecule has 1 aliphatic heterocycles. The number of piperidine rings is 1. The van der Waals surface area contributed by atoms with Crippen molar-refractivity contribution in [2.24, 2.45) is 5.92 Å².